The van der Waals surface area contributed by atoms with Crippen LogP contribution in [0, 0.1) is 12.7 Å². The van der Waals surface area contributed by atoms with E-state index in [-0.39, 0.29) is 22.2 Å². The topological polar surface area (TPSA) is 85.7 Å². The first kappa shape index (κ1) is 24.6. The lowest BCUT2D eigenvalue weighted by molar-refractivity contribution is -0.125. The second-order valence-corrected chi connectivity index (χ2v) is 9.23. The van der Waals surface area contributed by atoms with Gasteiger partial charge in [0.15, 0.2) is 6.61 Å². The third-order valence-corrected chi connectivity index (χ3v) is 7.04. The van der Waals surface area contributed by atoms with Gasteiger partial charge in [0.05, 0.1) is 24.6 Å². The van der Waals surface area contributed by atoms with Crippen molar-refractivity contribution in [3.05, 3.63) is 46.5 Å². The number of halogens is 2. The van der Waals surface area contributed by atoms with Gasteiger partial charge in [0.1, 0.15) is 16.5 Å². The van der Waals surface area contributed by atoms with Crippen LogP contribution in [-0.2, 0) is 14.3 Å². The number of ether oxygens (including phenoxy) is 2. The lowest BCUT2D eigenvalue weighted by Crippen LogP contribution is -2.59. The zero-order chi connectivity index (χ0) is 24.1. The molecule has 0 bridgehead atoms. The monoisotopic (exact) mass is 492 g/mol. The molecule has 2 aromatic rings. The minimum atomic E-state index is -0.730. The van der Waals surface area contributed by atoms with E-state index in [0.29, 0.717) is 31.1 Å². The quantitative estimate of drug-likeness (QED) is 0.597. The number of carbonyl (C=O) groups excluding carboxylic acids is 2. The molecule has 1 N–H and O–H groups in total. The van der Waals surface area contributed by atoms with Crippen molar-refractivity contribution in [3.63, 3.8) is 0 Å². The Morgan fingerprint density at radius 2 is 1.85 bits per heavy atom. The average Bonchev–Trinajstić information content (AvgIpc) is 3.16. The third kappa shape index (κ3) is 5.42. The normalized spacial score (nSPS) is 18.4. The summed E-state index contributed by atoms with van der Waals surface area (Å²) in [5.41, 5.74) is 0.869. The van der Waals surface area contributed by atoms with Crippen molar-refractivity contribution < 1.29 is 23.5 Å². The van der Waals surface area contributed by atoms with E-state index in [1.807, 2.05) is 0 Å². The number of rotatable bonds is 7. The molecule has 34 heavy (non-hydrogen) atoms. The van der Waals surface area contributed by atoms with Crippen molar-refractivity contribution in [1.82, 2.24) is 20.0 Å². The number of hydrogen-bond acceptors (Lipinski definition) is 6. The molecule has 2 fully saturated rings. The number of nitrogens with one attached hydrogen (secondary N) is 1. The van der Waals surface area contributed by atoms with Crippen molar-refractivity contribution in [1.29, 1.82) is 0 Å². The highest BCUT2D eigenvalue weighted by Gasteiger charge is 2.38. The Balaban J connectivity index is 1.35. The molecular formula is C24H30ClFN4O4. The zero-order valence-corrected chi connectivity index (χ0v) is 20.1. The Morgan fingerprint density at radius 3 is 2.53 bits per heavy atom. The van der Waals surface area contributed by atoms with Gasteiger partial charge < -0.3 is 14.8 Å². The van der Waals surface area contributed by atoms with E-state index >= 15 is 0 Å². The van der Waals surface area contributed by atoms with E-state index in [2.05, 4.69) is 15.3 Å². The molecule has 1 aromatic heterocycles. The number of aryl methyl sites for hydroxylation is 1. The molecule has 0 atom stereocenters. The highest BCUT2D eigenvalue weighted by atomic mass is 35.5. The summed E-state index contributed by atoms with van der Waals surface area (Å²) in [7, 11) is 0. The Labute approximate surface area is 203 Å². The highest BCUT2D eigenvalue weighted by Crippen LogP contribution is 2.34. The number of morpholine rings is 1. The van der Waals surface area contributed by atoms with Gasteiger partial charge >= 0.3 is 5.97 Å². The largest absolute Gasteiger partial charge is 0.452 e. The van der Waals surface area contributed by atoms with Crippen LogP contribution in [0.15, 0.2) is 24.3 Å². The molecule has 4 rings (SSSR count). The van der Waals surface area contributed by atoms with E-state index in [9.17, 15) is 14.0 Å². The molecule has 10 heteroatoms. The number of amides is 1. The summed E-state index contributed by atoms with van der Waals surface area (Å²) in [6, 6.07) is 5.57. The standard InChI is InChI=1S/C24H30ClFN4O4/c1-17-21(22(25)30(28-17)19-7-5-18(26)6-8-19)23(32)34-15-20(31)27-16-24(9-3-2-4-10-24)29-11-13-33-14-12-29/h5-8H,2-4,9-16H2,1H3,(H,27,31). The van der Waals surface area contributed by atoms with Crippen LogP contribution in [0.2, 0.25) is 5.15 Å². The number of benzene rings is 1. The average molecular weight is 493 g/mol. The molecule has 1 aliphatic heterocycles. The molecule has 0 spiro atoms. The first-order chi connectivity index (χ1) is 16.4. The molecular weight excluding hydrogens is 463 g/mol. The van der Waals surface area contributed by atoms with Crippen LogP contribution in [0.25, 0.3) is 5.69 Å². The second-order valence-electron chi connectivity index (χ2n) is 8.88. The van der Waals surface area contributed by atoms with Crippen LogP contribution in [0.1, 0.15) is 48.2 Å². The molecule has 2 aliphatic rings. The van der Waals surface area contributed by atoms with Crippen molar-refractivity contribution in [2.24, 2.45) is 0 Å². The number of esters is 1. The molecule has 184 valence electrons. The lowest BCUT2D eigenvalue weighted by Gasteiger charge is -2.48. The van der Waals surface area contributed by atoms with Gasteiger partial charge in [0.2, 0.25) is 0 Å². The first-order valence-electron chi connectivity index (χ1n) is 11.7. The Hall–Kier alpha value is -2.49. The molecule has 8 nitrogen and oxygen atoms in total. The summed E-state index contributed by atoms with van der Waals surface area (Å²) in [6.07, 6.45) is 5.55. The van der Waals surface area contributed by atoms with Crippen molar-refractivity contribution in [2.75, 3.05) is 39.5 Å². The van der Waals surface area contributed by atoms with Crippen LogP contribution in [0.4, 0.5) is 4.39 Å². The molecule has 0 unspecified atom stereocenters. The van der Waals surface area contributed by atoms with Crippen molar-refractivity contribution in [3.8, 4) is 5.69 Å². The fraction of sp³-hybridized carbons (Fsp3) is 0.542. The van der Waals surface area contributed by atoms with Crippen LogP contribution >= 0.6 is 11.6 Å². The maximum absolute atomic E-state index is 13.2. The summed E-state index contributed by atoms with van der Waals surface area (Å²) < 4.78 is 25.3. The maximum atomic E-state index is 13.2. The zero-order valence-electron chi connectivity index (χ0n) is 19.3. The molecule has 1 saturated carbocycles. The van der Waals surface area contributed by atoms with Crippen molar-refractivity contribution in [2.45, 2.75) is 44.6 Å². The fourth-order valence-corrected chi connectivity index (χ4v) is 5.20. The number of nitrogens with zero attached hydrogens (tertiary/aromatic N) is 3. The highest BCUT2D eigenvalue weighted by molar-refractivity contribution is 6.33. The third-order valence-electron chi connectivity index (χ3n) is 6.69. The van der Waals surface area contributed by atoms with Gasteiger partial charge in [-0.3, -0.25) is 9.69 Å². The van der Waals surface area contributed by atoms with Gasteiger partial charge in [-0.25, -0.2) is 13.9 Å². The summed E-state index contributed by atoms with van der Waals surface area (Å²) in [5.74, 6) is -1.48. The molecule has 1 aromatic carbocycles. The van der Waals surface area contributed by atoms with E-state index in [1.54, 1.807) is 6.92 Å². The minimum absolute atomic E-state index is 0.0444. The summed E-state index contributed by atoms with van der Waals surface area (Å²) >= 11 is 6.37. The van der Waals surface area contributed by atoms with Crippen LogP contribution in [-0.4, -0.2) is 71.6 Å². The SMILES string of the molecule is Cc1nn(-c2ccc(F)cc2)c(Cl)c1C(=O)OCC(=O)NCC1(N2CCOCC2)CCCCC1. The predicted octanol–water partition coefficient (Wildman–Crippen LogP) is 3.28. The summed E-state index contributed by atoms with van der Waals surface area (Å²) in [4.78, 5) is 27.7. The van der Waals surface area contributed by atoms with Gasteiger partial charge in [-0.1, -0.05) is 30.9 Å². The number of carbonyl (C=O) groups is 2. The molecule has 1 saturated heterocycles. The van der Waals surface area contributed by atoms with E-state index in [0.717, 1.165) is 38.8 Å². The maximum Gasteiger partial charge on any atom is 0.343 e. The Morgan fingerprint density at radius 1 is 1.18 bits per heavy atom. The van der Waals surface area contributed by atoms with Crippen LogP contribution < -0.4 is 5.32 Å². The van der Waals surface area contributed by atoms with Crippen LogP contribution in [0.5, 0.6) is 0 Å². The summed E-state index contributed by atoms with van der Waals surface area (Å²) in [5, 5.41) is 7.28. The van der Waals surface area contributed by atoms with E-state index in [4.69, 9.17) is 21.1 Å². The van der Waals surface area contributed by atoms with Gasteiger partial charge in [-0.05, 0) is 44.0 Å². The molecule has 2 heterocycles. The van der Waals surface area contributed by atoms with E-state index < -0.39 is 18.4 Å². The smallest absolute Gasteiger partial charge is 0.343 e. The minimum Gasteiger partial charge on any atom is -0.452 e. The van der Waals surface area contributed by atoms with Gasteiger partial charge in [-0.15, -0.1) is 0 Å². The fourth-order valence-electron chi connectivity index (χ4n) is 4.85. The predicted molar refractivity (Wildman–Crippen MR) is 125 cm³/mol. The Bertz CT molecular complexity index is 1010. The van der Waals surface area contributed by atoms with Gasteiger partial charge in [0.25, 0.3) is 5.91 Å². The second kappa shape index (κ2) is 10.8. The molecule has 1 amide bonds. The number of aromatic nitrogens is 2. The molecule has 0 radical (unpaired) electrons. The first-order valence-corrected chi connectivity index (χ1v) is 12.1. The summed E-state index contributed by atoms with van der Waals surface area (Å²) in [6.45, 7) is 4.87. The lowest BCUT2D eigenvalue weighted by atomic mass is 9.79. The van der Waals surface area contributed by atoms with Gasteiger partial charge in [-0.2, -0.15) is 5.10 Å². The number of hydrogen-bond donors (Lipinski definition) is 1. The van der Waals surface area contributed by atoms with Crippen molar-refractivity contribution >= 4 is 23.5 Å². The Kier molecular flexibility index (Phi) is 7.85. The molecule has 1 aliphatic carbocycles. The van der Waals surface area contributed by atoms with Crippen LogP contribution in [0.3, 0.4) is 0 Å². The van der Waals surface area contributed by atoms with E-state index in [1.165, 1.54) is 35.4 Å². The van der Waals surface area contributed by atoms with Gasteiger partial charge in [0, 0.05) is 25.2 Å².